The SMILES string of the molecule is CCCC1(CCC)NC(=O)[C@H](CCCCO)NC(=O)[C@H]2CCCN2C(=O)[C@H](Cc2ccccc2)NC1=O. The molecular formula is C28H42N4O5. The van der Waals surface area contributed by atoms with Crippen molar-refractivity contribution in [3.8, 4) is 0 Å². The number of carbonyl (C=O) groups excluding carboxylic acids is 4. The fourth-order valence-electron chi connectivity index (χ4n) is 5.56. The summed E-state index contributed by atoms with van der Waals surface area (Å²) in [5.74, 6) is -1.40. The second-order valence-corrected chi connectivity index (χ2v) is 10.3. The van der Waals surface area contributed by atoms with Gasteiger partial charge in [0.2, 0.25) is 23.6 Å². The highest BCUT2D eigenvalue weighted by Gasteiger charge is 2.45. The molecule has 9 heteroatoms. The predicted octanol–water partition coefficient (Wildman–Crippen LogP) is 1.82. The molecule has 1 aromatic carbocycles. The zero-order valence-electron chi connectivity index (χ0n) is 22.1. The molecule has 0 aliphatic carbocycles. The minimum atomic E-state index is -1.20. The number of aliphatic hydroxyl groups is 1. The van der Waals surface area contributed by atoms with Crippen LogP contribution in [0.2, 0.25) is 0 Å². The Morgan fingerprint density at radius 1 is 0.946 bits per heavy atom. The van der Waals surface area contributed by atoms with E-state index in [0.29, 0.717) is 70.8 Å². The van der Waals surface area contributed by atoms with Crippen molar-refractivity contribution in [2.24, 2.45) is 0 Å². The Kier molecular flexibility index (Phi) is 10.5. The van der Waals surface area contributed by atoms with Crippen LogP contribution < -0.4 is 16.0 Å². The summed E-state index contributed by atoms with van der Waals surface area (Å²) >= 11 is 0. The van der Waals surface area contributed by atoms with Crippen molar-refractivity contribution in [1.82, 2.24) is 20.9 Å². The minimum absolute atomic E-state index is 0.00595. The first kappa shape index (κ1) is 28.6. The normalized spacial score (nSPS) is 24.4. The van der Waals surface area contributed by atoms with E-state index in [1.54, 1.807) is 4.90 Å². The van der Waals surface area contributed by atoms with Gasteiger partial charge in [-0.25, -0.2) is 0 Å². The standard InChI is InChI=1S/C28H42N4O5/c1-3-15-28(16-4-2)27(37)30-22(19-20-11-6-5-7-12-20)26(36)32-17-10-14-23(32)25(35)29-21(24(34)31-28)13-8-9-18-33/h5-7,11-12,21-23,33H,3-4,8-10,13-19H2,1-2H3,(H,29,35)(H,30,37)(H,31,34)/t21-,22-,23+/m0/s1. The lowest BCUT2D eigenvalue weighted by Crippen LogP contribution is -2.66. The number of hydrogen-bond acceptors (Lipinski definition) is 5. The van der Waals surface area contributed by atoms with Gasteiger partial charge in [-0.2, -0.15) is 0 Å². The molecule has 1 aromatic rings. The molecule has 2 aliphatic heterocycles. The van der Waals surface area contributed by atoms with Gasteiger partial charge < -0.3 is 26.0 Å². The number of carbonyl (C=O) groups is 4. The predicted molar refractivity (Wildman–Crippen MR) is 140 cm³/mol. The molecule has 4 N–H and O–H groups in total. The molecule has 2 aliphatic rings. The molecule has 0 radical (unpaired) electrons. The number of fused-ring (bicyclic) bond motifs is 1. The van der Waals surface area contributed by atoms with E-state index in [0.717, 1.165) is 5.56 Å². The Morgan fingerprint density at radius 3 is 2.30 bits per heavy atom. The summed E-state index contributed by atoms with van der Waals surface area (Å²) in [4.78, 5) is 56.3. The van der Waals surface area contributed by atoms with Gasteiger partial charge in [-0.05, 0) is 50.5 Å². The number of aliphatic hydroxyl groups excluding tert-OH is 1. The van der Waals surface area contributed by atoms with Crippen LogP contribution in [0.5, 0.6) is 0 Å². The second-order valence-electron chi connectivity index (χ2n) is 10.3. The molecular weight excluding hydrogens is 472 g/mol. The summed E-state index contributed by atoms with van der Waals surface area (Å²) in [5, 5.41) is 18.1. The van der Waals surface area contributed by atoms with Gasteiger partial charge in [-0.3, -0.25) is 19.2 Å². The van der Waals surface area contributed by atoms with Crippen LogP contribution in [0.1, 0.15) is 77.2 Å². The van der Waals surface area contributed by atoms with E-state index in [2.05, 4.69) is 16.0 Å². The highest BCUT2D eigenvalue weighted by Crippen LogP contribution is 2.25. The lowest BCUT2D eigenvalue weighted by molar-refractivity contribution is -0.145. The van der Waals surface area contributed by atoms with Crippen molar-refractivity contribution >= 4 is 23.6 Å². The highest BCUT2D eigenvalue weighted by atomic mass is 16.3. The van der Waals surface area contributed by atoms with Gasteiger partial charge in [0.05, 0.1) is 0 Å². The average molecular weight is 515 g/mol. The summed E-state index contributed by atoms with van der Waals surface area (Å²) < 4.78 is 0. The Balaban J connectivity index is 2.02. The van der Waals surface area contributed by atoms with Crippen molar-refractivity contribution in [3.63, 3.8) is 0 Å². The van der Waals surface area contributed by atoms with Crippen LogP contribution in [-0.4, -0.2) is 70.5 Å². The minimum Gasteiger partial charge on any atom is -0.396 e. The van der Waals surface area contributed by atoms with E-state index in [1.165, 1.54) is 0 Å². The van der Waals surface area contributed by atoms with E-state index >= 15 is 0 Å². The second kappa shape index (κ2) is 13.6. The fraction of sp³-hybridized carbons (Fsp3) is 0.643. The largest absolute Gasteiger partial charge is 0.396 e. The number of rotatable bonds is 10. The molecule has 0 unspecified atom stereocenters. The zero-order valence-corrected chi connectivity index (χ0v) is 22.1. The van der Waals surface area contributed by atoms with Gasteiger partial charge >= 0.3 is 0 Å². The molecule has 2 saturated heterocycles. The molecule has 204 valence electrons. The molecule has 0 spiro atoms. The summed E-state index contributed by atoms with van der Waals surface area (Å²) in [5.41, 5.74) is -0.294. The maximum absolute atomic E-state index is 13.9. The highest BCUT2D eigenvalue weighted by molar-refractivity contribution is 5.99. The number of nitrogens with one attached hydrogen (secondary N) is 3. The summed E-state index contributed by atoms with van der Waals surface area (Å²) in [6, 6.07) is 7.10. The quantitative estimate of drug-likeness (QED) is 0.354. The van der Waals surface area contributed by atoms with Crippen LogP contribution in [0.25, 0.3) is 0 Å². The number of benzene rings is 1. The lowest BCUT2D eigenvalue weighted by Gasteiger charge is -2.38. The number of hydrogen-bond donors (Lipinski definition) is 4. The molecule has 0 saturated carbocycles. The van der Waals surface area contributed by atoms with Crippen LogP contribution in [0, 0.1) is 0 Å². The van der Waals surface area contributed by atoms with Crippen LogP contribution >= 0.6 is 0 Å². The summed E-state index contributed by atoms with van der Waals surface area (Å²) in [6.45, 7) is 4.33. The van der Waals surface area contributed by atoms with Crippen LogP contribution in [0.4, 0.5) is 0 Å². The Labute approximate surface area is 219 Å². The van der Waals surface area contributed by atoms with Crippen LogP contribution in [0.15, 0.2) is 30.3 Å². The van der Waals surface area contributed by atoms with Gasteiger partial charge in [-0.15, -0.1) is 0 Å². The Morgan fingerprint density at radius 2 is 1.65 bits per heavy atom. The maximum atomic E-state index is 13.9. The van der Waals surface area contributed by atoms with E-state index < -0.39 is 29.6 Å². The van der Waals surface area contributed by atoms with E-state index in [1.807, 2.05) is 44.2 Å². The Bertz CT molecular complexity index is 932. The molecule has 3 atom stereocenters. The van der Waals surface area contributed by atoms with Gasteiger partial charge in [0.1, 0.15) is 23.7 Å². The van der Waals surface area contributed by atoms with E-state index in [9.17, 15) is 24.3 Å². The van der Waals surface area contributed by atoms with Gasteiger partial charge in [-0.1, -0.05) is 57.0 Å². The smallest absolute Gasteiger partial charge is 0.246 e. The first-order valence-corrected chi connectivity index (χ1v) is 13.7. The first-order valence-electron chi connectivity index (χ1n) is 13.7. The molecule has 9 nitrogen and oxygen atoms in total. The maximum Gasteiger partial charge on any atom is 0.246 e. The lowest BCUT2D eigenvalue weighted by atomic mass is 9.86. The van der Waals surface area contributed by atoms with Crippen molar-refractivity contribution in [2.75, 3.05) is 13.2 Å². The van der Waals surface area contributed by atoms with Crippen molar-refractivity contribution in [2.45, 2.75) is 102 Å². The summed E-state index contributed by atoms with van der Waals surface area (Å²) in [6.07, 6.45) is 4.99. The molecule has 4 amide bonds. The third-order valence-corrected chi connectivity index (χ3v) is 7.41. The van der Waals surface area contributed by atoms with Crippen molar-refractivity contribution in [1.29, 1.82) is 0 Å². The topological polar surface area (TPSA) is 128 Å². The third kappa shape index (κ3) is 7.09. The Hall–Kier alpha value is -2.94. The first-order chi connectivity index (χ1) is 17.8. The molecule has 2 heterocycles. The fourth-order valence-corrected chi connectivity index (χ4v) is 5.56. The molecule has 0 bridgehead atoms. The zero-order chi connectivity index (χ0) is 26.8. The number of nitrogens with zero attached hydrogens (tertiary/aromatic N) is 1. The van der Waals surface area contributed by atoms with Gasteiger partial charge in [0.25, 0.3) is 0 Å². The number of amides is 4. The van der Waals surface area contributed by atoms with Crippen molar-refractivity contribution in [3.05, 3.63) is 35.9 Å². The van der Waals surface area contributed by atoms with E-state index in [-0.39, 0.29) is 24.3 Å². The monoisotopic (exact) mass is 514 g/mol. The summed E-state index contributed by atoms with van der Waals surface area (Å²) in [7, 11) is 0. The van der Waals surface area contributed by atoms with Gasteiger partial charge in [0.15, 0.2) is 0 Å². The molecule has 37 heavy (non-hydrogen) atoms. The van der Waals surface area contributed by atoms with Crippen LogP contribution in [-0.2, 0) is 25.6 Å². The number of unbranched alkanes of at least 4 members (excludes halogenated alkanes) is 1. The molecule has 2 fully saturated rings. The van der Waals surface area contributed by atoms with E-state index in [4.69, 9.17) is 0 Å². The van der Waals surface area contributed by atoms with Crippen molar-refractivity contribution < 1.29 is 24.3 Å². The molecule has 3 rings (SSSR count). The van der Waals surface area contributed by atoms with Crippen LogP contribution in [0.3, 0.4) is 0 Å². The average Bonchev–Trinajstić information content (AvgIpc) is 3.38. The third-order valence-electron chi connectivity index (χ3n) is 7.41. The molecule has 0 aromatic heterocycles. The van der Waals surface area contributed by atoms with Gasteiger partial charge in [0, 0.05) is 19.6 Å².